The standard InChI is InChI=1S/C11H14N2O/c1-3-8(4-2)10(14)9-6-5-7-13-11(9)12/h3,5-7H,4H2,1-2H3,(H2,12,13)/b8-3-. The summed E-state index contributed by atoms with van der Waals surface area (Å²) in [6.45, 7) is 3.79. The fourth-order valence-corrected chi connectivity index (χ4v) is 1.28. The van der Waals surface area contributed by atoms with Crippen LogP contribution in [0.1, 0.15) is 30.6 Å². The lowest BCUT2D eigenvalue weighted by Crippen LogP contribution is -2.07. The van der Waals surface area contributed by atoms with E-state index < -0.39 is 0 Å². The normalized spacial score (nSPS) is 11.4. The van der Waals surface area contributed by atoms with Crippen LogP contribution in [-0.4, -0.2) is 10.8 Å². The molecule has 14 heavy (non-hydrogen) atoms. The van der Waals surface area contributed by atoms with Crippen LogP contribution in [0.5, 0.6) is 0 Å². The van der Waals surface area contributed by atoms with E-state index in [1.165, 1.54) is 0 Å². The Morgan fingerprint density at radius 3 is 2.86 bits per heavy atom. The molecule has 3 nitrogen and oxygen atoms in total. The Morgan fingerprint density at radius 1 is 1.64 bits per heavy atom. The molecule has 1 rings (SSSR count). The number of nitrogen functional groups attached to an aromatic ring is 1. The van der Waals surface area contributed by atoms with Gasteiger partial charge in [0.2, 0.25) is 0 Å². The number of allylic oxidation sites excluding steroid dienone is 2. The fourth-order valence-electron chi connectivity index (χ4n) is 1.28. The lowest BCUT2D eigenvalue weighted by Gasteiger charge is -2.04. The van der Waals surface area contributed by atoms with Gasteiger partial charge in [0.25, 0.3) is 0 Å². The summed E-state index contributed by atoms with van der Waals surface area (Å²) in [5.41, 5.74) is 6.87. The van der Waals surface area contributed by atoms with E-state index >= 15 is 0 Å². The van der Waals surface area contributed by atoms with E-state index in [1.54, 1.807) is 18.3 Å². The lowest BCUT2D eigenvalue weighted by atomic mass is 10.0. The molecule has 0 bridgehead atoms. The van der Waals surface area contributed by atoms with Crippen LogP contribution in [0.25, 0.3) is 0 Å². The minimum atomic E-state index is -0.0272. The first kappa shape index (κ1) is 10.4. The average Bonchev–Trinajstić information content (AvgIpc) is 2.20. The molecule has 0 atom stereocenters. The number of anilines is 1. The molecular weight excluding hydrogens is 176 g/mol. The van der Waals surface area contributed by atoms with Crippen molar-refractivity contribution in [1.29, 1.82) is 0 Å². The molecule has 0 amide bonds. The summed E-state index contributed by atoms with van der Waals surface area (Å²) in [7, 11) is 0. The second kappa shape index (κ2) is 4.56. The number of carbonyl (C=O) groups excluding carboxylic acids is 1. The molecule has 0 aliphatic carbocycles. The summed E-state index contributed by atoms with van der Waals surface area (Å²) in [4.78, 5) is 15.7. The highest BCUT2D eigenvalue weighted by Crippen LogP contribution is 2.15. The van der Waals surface area contributed by atoms with Gasteiger partial charge in [-0.25, -0.2) is 4.98 Å². The number of hydrogen-bond acceptors (Lipinski definition) is 3. The molecule has 0 saturated carbocycles. The predicted octanol–water partition coefficient (Wildman–Crippen LogP) is 2.20. The zero-order valence-electron chi connectivity index (χ0n) is 8.45. The van der Waals surface area contributed by atoms with Crippen molar-refractivity contribution >= 4 is 11.6 Å². The van der Waals surface area contributed by atoms with E-state index in [1.807, 2.05) is 19.9 Å². The fraction of sp³-hybridized carbons (Fsp3) is 0.273. The van der Waals surface area contributed by atoms with Crippen molar-refractivity contribution in [3.8, 4) is 0 Å². The Hall–Kier alpha value is -1.64. The summed E-state index contributed by atoms with van der Waals surface area (Å²) in [5.74, 6) is 0.269. The summed E-state index contributed by atoms with van der Waals surface area (Å²) in [6.07, 6.45) is 4.10. The maximum absolute atomic E-state index is 11.8. The van der Waals surface area contributed by atoms with E-state index in [2.05, 4.69) is 4.98 Å². The minimum Gasteiger partial charge on any atom is -0.383 e. The van der Waals surface area contributed by atoms with Crippen LogP contribution in [0, 0.1) is 0 Å². The smallest absolute Gasteiger partial charge is 0.192 e. The number of Topliss-reactive ketones (excluding diaryl/α,β-unsaturated/α-hetero) is 1. The third-order valence-electron chi connectivity index (χ3n) is 2.10. The van der Waals surface area contributed by atoms with Gasteiger partial charge in [0.1, 0.15) is 5.82 Å². The van der Waals surface area contributed by atoms with Crippen molar-refractivity contribution in [2.24, 2.45) is 0 Å². The van der Waals surface area contributed by atoms with E-state index in [0.717, 1.165) is 5.57 Å². The third-order valence-corrected chi connectivity index (χ3v) is 2.10. The molecule has 0 saturated heterocycles. The van der Waals surface area contributed by atoms with Crippen LogP contribution in [0.15, 0.2) is 30.0 Å². The first-order chi connectivity index (χ1) is 6.70. The first-order valence-corrected chi connectivity index (χ1v) is 4.61. The van der Waals surface area contributed by atoms with Gasteiger partial charge in [-0.15, -0.1) is 0 Å². The lowest BCUT2D eigenvalue weighted by molar-refractivity contribution is 0.103. The number of nitrogens with zero attached hydrogens (tertiary/aromatic N) is 1. The van der Waals surface area contributed by atoms with Crippen molar-refractivity contribution in [2.75, 3.05) is 5.73 Å². The number of pyridine rings is 1. The van der Waals surface area contributed by atoms with Gasteiger partial charge in [0.05, 0.1) is 5.56 Å². The molecular formula is C11H14N2O. The molecule has 1 aromatic rings. The van der Waals surface area contributed by atoms with Crippen LogP contribution in [-0.2, 0) is 0 Å². The average molecular weight is 190 g/mol. The number of nitrogens with two attached hydrogens (primary N) is 1. The molecule has 0 spiro atoms. The Labute approximate surface area is 83.7 Å². The van der Waals surface area contributed by atoms with Gasteiger partial charge in [-0.3, -0.25) is 4.79 Å². The van der Waals surface area contributed by atoms with Gasteiger partial charge in [-0.2, -0.15) is 0 Å². The van der Waals surface area contributed by atoms with Gasteiger partial charge < -0.3 is 5.73 Å². The molecule has 74 valence electrons. The van der Waals surface area contributed by atoms with Crippen LogP contribution in [0.3, 0.4) is 0 Å². The maximum atomic E-state index is 11.8. The van der Waals surface area contributed by atoms with E-state index in [0.29, 0.717) is 17.8 Å². The van der Waals surface area contributed by atoms with Crippen LogP contribution in [0.2, 0.25) is 0 Å². The molecule has 0 radical (unpaired) electrons. The van der Waals surface area contributed by atoms with Gasteiger partial charge in [0.15, 0.2) is 5.78 Å². The number of hydrogen-bond donors (Lipinski definition) is 1. The molecule has 3 heteroatoms. The Balaban J connectivity index is 3.07. The number of rotatable bonds is 3. The Bertz CT molecular complexity index is 369. The molecule has 1 aromatic heterocycles. The van der Waals surface area contributed by atoms with E-state index in [4.69, 9.17) is 5.73 Å². The van der Waals surface area contributed by atoms with Crippen LogP contribution >= 0.6 is 0 Å². The number of ketones is 1. The molecule has 2 N–H and O–H groups in total. The summed E-state index contributed by atoms with van der Waals surface area (Å²) < 4.78 is 0. The molecule has 0 aromatic carbocycles. The number of aromatic nitrogens is 1. The highest BCUT2D eigenvalue weighted by molar-refractivity contribution is 6.11. The zero-order chi connectivity index (χ0) is 10.6. The minimum absolute atomic E-state index is 0.0272. The summed E-state index contributed by atoms with van der Waals surface area (Å²) in [5, 5.41) is 0. The SMILES string of the molecule is C/C=C(/CC)C(=O)c1cccnc1N. The summed E-state index contributed by atoms with van der Waals surface area (Å²) in [6, 6.07) is 3.41. The monoisotopic (exact) mass is 190 g/mol. The molecule has 1 heterocycles. The highest BCUT2D eigenvalue weighted by atomic mass is 16.1. The van der Waals surface area contributed by atoms with E-state index in [-0.39, 0.29) is 5.78 Å². The molecule has 0 unspecified atom stereocenters. The van der Waals surface area contributed by atoms with Crippen molar-refractivity contribution in [3.63, 3.8) is 0 Å². The molecule has 0 fully saturated rings. The highest BCUT2D eigenvalue weighted by Gasteiger charge is 2.12. The quantitative estimate of drug-likeness (QED) is 0.587. The van der Waals surface area contributed by atoms with Crippen molar-refractivity contribution in [3.05, 3.63) is 35.5 Å². The Morgan fingerprint density at radius 2 is 2.36 bits per heavy atom. The zero-order valence-corrected chi connectivity index (χ0v) is 8.45. The number of carbonyl (C=O) groups is 1. The van der Waals surface area contributed by atoms with Gasteiger partial charge >= 0.3 is 0 Å². The molecule has 0 aliphatic rings. The van der Waals surface area contributed by atoms with Crippen molar-refractivity contribution in [2.45, 2.75) is 20.3 Å². The maximum Gasteiger partial charge on any atom is 0.192 e. The van der Waals surface area contributed by atoms with Crippen LogP contribution < -0.4 is 5.73 Å². The van der Waals surface area contributed by atoms with Crippen LogP contribution in [0.4, 0.5) is 5.82 Å². The largest absolute Gasteiger partial charge is 0.383 e. The topological polar surface area (TPSA) is 56.0 Å². The van der Waals surface area contributed by atoms with E-state index in [9.17, 15) is 4.79 Å². The third kappa shape index (κ3) is 1.99. The van der Waals surface area contributed by atoms with Crippen molar-refractivity contribution in [1.82, 2.24) is 4.98 Å². The van der Waals surface area contributed by atoms with Crippen molar-refractivity contribution < 1.29 is 4.79 Å². The predicted molar refractivity (Wildman–Crippen MR) is 57.0 cm³/mol. The second-order valence-electron chi connectivity index (χ2n) is 2.93. The van der Waals surface area contributed by atoms with Gasteiger partial charge in [-0.1, -0.05) is 13.0 Å². The van der Waals surface area contributed by atoms with Gasteiger partial charge in [0, 0.05) is 6.20 Å². The summed E-state index contributed by atoms with van der Waals surface area (Å²) >= 11 is 0. The molecule has 0 aliphatic heterocycles. The second-order valence-corrected chi connectivity index (χ2v) is 2.93. The first-order valence-electron chi connectivity index (χ1n) is 4.61. The van der Waals surface area contributed by atoms with Gasteiger partial charge in [-0.05, 0) is 31.1 Å². The Kier molecular flexibility index (Phi) is 3.40.